The molecule has 3 fully saturated rings. The zero-order valence-corrected chi connectivity index (χ0v) is 19.1. The Bertz CT molecular complexity index is 699. The van der Waals surface area contributed by atoms with Gasteiger partial charge in [0.25, 0.3) is 5.91 Å². The van der Waals surface area contributed by atoms with Crippen LogP contribution in [-0.4, -0.2) is 94.5 Å². The Morgan fingerprint density at radius 2 is 1.60 bits per heavy atom. The Morgan fingerprint density at radius 1 is 1.00 bits per heavy atom. The van der Waals surface area contributed by atoms with Gasteiger partial charge in [-0.3, -0.25) is 14.6 Å². The van der Waals surface area contributed by atoms with Crippen LogP contribution in [0.4, 0.5) is 5.95 Å². The van der Waals surface area contributed by atoms with E-state index in [1.165, 1.54) is 19.3 Å². The lowest BCUT2D eigenvalue weighted by atomic mass is 10.1. The summed E-state index contributed by atoms with van der Waals surface area (Å²) >= 11 is 0. The molecule has 30 heavy (non-hydrogen) atoms. The highest BCUT2D eigenvalue weighted by molar-refractivity contribution is 5.93. The van der Waals surface area contributed by atoms with Gasteiger partial charge in [-0.25, -0.2) is 9.97 Å². The third-order valence-corrected chi connectivity index (χ3v) is 7.04. The van der Waals surface area contributed by atoms with Crippen LogP contribution in [0.15, 0.2) is 12.4 Å². The van der Waals surface area contributed by atoms with E-state index in [1.54, 1.807) is 12.4 Å². The van der Waals surface area contributed by atoms with Crippen LogP contribution in [-0.2, 0) is 0 Å². The van der Waals surface area contributed by atoms with Crippen molar-refractivity contribution in [1.29, 1.82) is 0 Å². The van der Waals surface area contributed by atoms with E-state index >= 15 is 0 Å². The predicted octanol–water partition coefficient (Wildman–Crippen LogP) is 2.34. The molecule has 7 nitrogen and oxygen atoms in total. The number of hydrogen-bond donors (Lipinski definition) is 0. The fourth-order valence-corrected chi connectivity index (χ4v) is 5.05. The standard InChI is InChI=1S/C23H38N6O/c1-17(2)7-8-26-9-11-27(12-10-26)22(30)19-13-24-23(25-14-19)29-20-5-6-21(29)16-28(15-20)18(3)4/h13-14,17-18,20-21H,5-12,15-16H2,1-4H3. The number of anilines is 1. The van der Waals surface area contributed by atoms with Crippen LogP contribution in [0.2, 0.25) is 0 Å². The van der Waals surface area contributed by atoms with Gasteiger partial charge < -0.3 is 9.80 Å². The van der Waals surface area contributed by atoms with E-state index in [1.807, 2.05) is 4.90 Å². The fourth-order valence-electron chi connectivity index (χ4n) is 5.05. The summed E-state index contributed by atoms with van der Waals surface area (Å²) in [6.07, 6.45) is 7.11. The highest BCUT2D eigenvalue weighted by Gasteiger charge is 2.41. The lowest BCUT2D eigenvalue weighted by Crippen LogP contribution is -2.56. The van der Waals surface area contributed by atoms with E-state index in [0.717, 1.165) is 57.7 Å². The number of amides is 1. The maximum absolute atomic E-state index is 12.9. The molecule has 166 valence electrons. The zero-order valence-electron chi connectivity index (χ0n) is 19.1. The van der Waals surface area contributed by atoms with Crippen LogP contribution >= 0.6 is 0 Å². The first-order chi connectivity index (χ1) is 14.4. The Labute approximate surface area is 181 Å². The molecule has 2 atom stereocenters. The summed E-state index contributed by atoms with van der Waals surface area (Å²) in [4.78, 5) is 31.6. The van der Waals surface area contributed by atoms with Gasteiger partial charge in [-0.1, -0.05) is 13.8 Å². The van der Waals surface area contributed by atoms with Gasteiger partial charge in [0.1, 0.15) is 0 Å². The van der Waals surface area contributed by atoms with Crippen LogP contribution in [0.25, 0.3) is 0 Å². The lowest BCUT2D eigenvalue weighted by molar-refractivity contribution is 0.0631. The molecule has 0 N–H and O–H groups in total. The summed E-state index contributed by atoms with van der Waals surface area (Å²) in [6, 6.07) is 1.57. The van der Waals surface area contributed by atoms with Crippen LogP contribution < -0.4 is 4.90 Å². The van der Waals surface area contributed by atoms with E-state index in [-0.39, 0.29) is 5.91 Å². The number of aromatic nitrogens is 2. The second kappa shape index (κ2) is 9.18. The minimum atomic E-state index is 0.0673. The average Bonchev–Trinajstić information content (AvgIpc) is 3.01. The minimum absolute atomic E-state index is 0.0673. The molecule has 0 aliphatic carbocycles. The van der Waals surface area contributed by atoms with Gasteiger partial charge in [-0.2, -0.15) is 0 Å². The maximum Gasteiger partial charge on any atom is 0.257 e. The van der Waals surface area contributed by atoms with Crippen molar-refractivity contribution in [3.05, 3.63) is 18.0 Å². The zero-order chi connectivity index (χ0) is 21.3. The fraction of sp³-hybridized carbons (Fsp3) is 0.783. The molecular weight excluding hydrogens is 376 g/mol. The monoisotopic (exact) mass is 414 g/mol. The average molecular weight is 415 g/mol. The van der Waals surface area contributed by atoms with Crippen molar-refractivity contribution in [2.75, 3.05) is 50.7 Å². The van der Waals surface area contributed by atoms with Gasteiger partial charge >= 0.3 is 0 Å². The SMILES string of the molecule is CC(C)CCN1CCN(C(=O)c2cnc(N3C4CCC3CN(C(C)C)C4)nc2)CC1. The number of fused-ring (bicyclic) bond motifs is 2. The Balaban J connectivity index is 1.34. The van der Waals surface area contributed by atoms with Crippen molar-refractivity contribution < 1.29 is 4.79 Å². The highest BCUT2D eigenvalue weighted by Crippen LogP contribution is 2.33. The van der Waals surface area contributed by atoms with Crippen molar-refractivity contribution in [3.8, 4) is 0 Å². The quantitative estimate of drug-likeness (QED) is 0.712. The summed E-state index contributed by atoms with van der Waals surface area (Å²) in [7, 11) is 0. The second-order valence-corrected chi connectivity index (χ2v) is 9.93. The van der Waals surface area contributed by atoms with Crippen LogP contribution in [0.1, 0.15) is 57.3 Å². The van der Waals surface area contributed by atoms with Crippen molar-refractivity contribution >= 4 is 11.9 Å². The van der Waals surface area contributed by atoms with Crippen molar-refractivity contribution in [3.63, 3.8) is 0 Å². The topological polar surface area (TPSA) is 55.8 Å². The normalized spacial score (nSPS) is 25.5. The summed E-state index contributed by atoms with van der Waals surface area (Å²) in [5, 5.41) is 0. The molecule has 1 aromatic rings. The summed E-state index contributed by atoms with van der Waals surface area (Å²) in [5.41, 5.74) is 0.613. The molecule has 4 heterocycles. The summed E-state index contributed by atoms with van der Waals surface area (Å²) in [6.45, 7) is 15.9. The Morgan fingerprint density at radius 3 is 2.13 bits per heavy atom. The molecule has 0 saturated carbocycles. The van der Waals surface area contributed by atoms with Crippen LogP contribution in [0, 0.1) is 5.92 Å². The molecule has 2 bridgehead atoms. The smallest absolute Gasteiger partial charge is 0.257 e. The van der Waals surface area contributed by atoms with Crippen molar-refractivity contribution in [2.24, 2.45) is 5.92 Å². The molecule has 1 aromatic heterocycles. The highest BCUT2D eigenvalue weighted by atomic mass is 16.2. The van der Waals surface area contributed by atoms with E-state index in [2.05, 4.69) is 52.4 Å². The summed E-state index contributed by atoms with van der Waals surface area (Å²) < 4.78 is 0. The molecule has 0 spiro atoms. The van der Waals surface area contributed by atoms with Crippen molar-refractivity contribution in [1.82, 2.24) is 24.7 Å². The number of carbonyl (C=O) groups excluding carboxylic acids is 1. The number of hydrogen-bond acceptors (Lipinski definition) is 6. The van der Waals surface area contributed by atoms with Gasteiger partial charge in [0, 0.05) is 69.8 Å². The first kappa shape index (κ1) is 21.5. The molecule has 4 rings (SSSR count). The molecule has 0 aromatic carbocycles. The Kier molecular flexibility index (Phi) is 6.58. The number of likely N-dealkylation sites (tertiary alicyclic amines) is 1. The van der Waals surface area contributed by atoms with Crippen molar-refractivity contribution in [2.45, 2.75) is 65.1 Å². The lowest BCUT2D eigenvalue weighted by Gasteiger charge is -2.42. The predicted molar refractivity (Wildman–Crippen MR) is 120 cm³/mol. The molecule has 3 aliphatic rings. The molecule has 0 radical (unpaired) electrons. The van der Waals surface area contributed by atoms with Gasteiger partial charge in [0.05, 0.1) is 5.56 Å². The van der Waals surface area contributed by atoms with Gasteiger partial charge in [-0.05, 0) is 45.6 Å². The number of nitrogens with zero attached hydrogens (tertiary/aromatic N) is 6. The minimum Gasteiger partial charge on any atom is -0.336 e. The second-order valence-electron chi connectivity index (χ2n) is 9.93. The summed E-state index contributed by atoms with van der Waals surface area (Å²) in [5.74, 6) is 1.59. The number of rotatable bonds is 6. The maximum atomic E-state index is 12.9. The van der Waals surface area contributed by atoms with Crippen LogP contribution in [0.3, 0.4) is 0 Å². The van der Waals surface area contributed by atoms with Gasteiger partial charge in [0.15, 0.2) is 0 Å². The first-order valence-electron chi connectivity index (χ1n) is 11.8. The molecule has 2 unspecified atom stereocenters. The first-order valence-corrected chi connectivity index (χ1v) is 11.8. The number of piperazine rings is 2. The third-order valence-electron chi connectivity index (χ3n) is 7.04. The molecule has 7 heteroatoms. The van der Waals surface area contributed by atoms with E-state index in [9.17, 15) is 4.79 Å². The molecule has 3 saturated heterocycles. The van der Waals surface area contributed by atoms with Gasteiger partial charge in [0.2, 0.25) is 5.95 Å². The Hall–Kier alpha value is -1.73. The van der Waals surface area contributed by atoms with Crippen LogP contribution in [0.5, 0.6) is 0 Å². The van der Waals surface area contributed by atoms with Gasteiger partial charge in [-0.15, -0.1) is 0 Å². The molecule has 3 aliphatic heterocycles. The molecule has 1 amide bonds. The number of carbonyl (C=O) groups is 1. The largest absolute Gasteiger partial charge is 0.336 e. The van der Waals surface area contributed by atoms with E-state index in [4.69, 9.17) is 0 Å². The molecular formula is C23H38N6O. The third kappa shape index (κ3) is 4.62. The van der Waals surface area contributed by atoms with E-state index in [0.29, 0.717) is 23.7 Å². The van der Waals surface area contributed by atoms with E-state index < -0.39 is 0 Å².